The van der Waals surface area contributed by atoms with Gasteiger partial charge in [0.1, 0.15) is 0 Å². The second kappa shape index (κ2) is 8.74. The van der Waals surface area contributed by atoms with Crippen LogP contribution in [0, 0.1) is 0 Å². The number of rotatable bonds is 7. The number of methoxy groups -OCH3 is 1. The second-order valence-corrected chi connectivity index (χ2v) is 7.68. The summed E-state index contributed by atoms with van der Waals surface area (Å²) in [6.45, 7) is 1.97. The summed E-state index contributed by atoms with van der Waals surface area (Å²) in [7, 11) is 5.32. The van der Waals surface area contributed by atoms with E-state index in [0.29, 0.717) is 28.8 Å². The van der Waals surface area contributed by atoms with Crippen LogP contribution in [0.2, 0.25) is 0 Å². The van der Waals surface area contributed by atoms with E-state index in [2.05, 4.69) is 25.5 Å². The molecule has 1 aliphatic heterocycles. The molecule has 3 heterocycles. The molecule has 0 radical (unpaired) electrons. The number of nitrogens with one attached hydrogen (secondary N) is 2. The Hall–Kier alpha value is -3.07. The third kappa shape index (κ3) is 4.25. The SMILES string of the molecule is COc1cnc(Nc2ccc3oc(=O)n(C)c3c2)nc1N(C)CC[C@H]1CCCCN1. The molecule has 9 nitrogen and oxygen atoms in total. The lowest BCUT2D eigenvalue weighted by Crippen LogP contribution is -2.37. The van der Waals surface area contributed by atoms with Crippen molar-refractivity contribution >= 4 is 28.6 Å². The van der Waals surface area contributed by atoms with Gasteiger partial charge in [0.15, 0.2) is 17.2 Å². The minimum atomic E-state index is -0.390. The Labute approximate surface area is 175 Å². The Morgan fingerprint density at radius 2 is 2.27 bits per heavy atom. The fourth-order valence-corrected chi connectivity index (χ4v) is 3.80. The van der Waals surface area contributed by atoms with Crippen LogP contribution in [0.1, 0.15) is 25.7 Å². The summed E-state index contributed by atoms with van der Waals surface area (Å²) in [5.41, 5.74) is 2.01. The van der Waals surface area contributed by atoms with Crippen LogP contribution < -0.4 is 26.0 Å². The van der Waals surface area contributed by atoms with Gasteiger partial charge in [0, 0.05) is 32.4 Å². The van der Waals surface area contributed by atoms with E-state index in [4.69, 9.17) is 9.15 Å². The van der Waals surface area contributed by atoms with Crippen LogP contribution in [0.25, 0.3) is 11.1 Å². The summed E-state index contributed by atoms with van der Waals surface area (Å²) in [6, 6.07) is 5.98. The lowest BCUT2D eigenvalue weighted by atomic mass is 10.0. The van der Waals surface area contributed by atoms with Crippen molar-refractivity contribution in [1.82, 2.24) is 19.9 Å². The number of hydrogen-bond donors (Lipinski definition) is 2. The first-order valence-electron chi connectivity index (χ1n) is 10.3. The van der Waals surface area contributed by atoms with Crippen molar-refractivity contribution in [3.05, 3.63) is 34.9 Å². The predicted octanol–water partition coefficient (Wildman–Crippen LogP) is 2.64. The van der Waals surface area contributed by atoms with E-state index >= 15 is 0 Å². The fourth-order valence-electron chi connectivity index (χ4n) is 3.80. The summed E-state index contributed by atoms with van der Waals surface area (Å²) in [5.74, 6) is 1.44. The maximum absolute atomic E-state index is 11.7. The van der Waals surface area contributed by atoms with Crippen LogP contribution in [0.5, 0.6) is 5.75 Å². The standard InChI is InChI=1S/C21H28N6O3/c1-26(11-9-14-6-4-5-10-22-14)19-18(29-3)13-23-20(25-19)24-15-7-8-17-16(12-15)27(2)21(28)30-17/h7-8,12-14,22H,4-6,9-11H2,1-3H3,(H,23,24,25)/t14-/m1/s1. The van der Waals surface area contributed by atoms with Crippen LogP contribution in [0.3, 0.4) is 0 Å². The number of hydrogen-bond acceptors (Lipinski definition) is 8. The first kappa shape index (κ1) is 20.2. The predicted molar refractivity (Wildman–Crippen MR) is 117 cm³/mol. The van der Waals surface area contributed by atoms with Gasteiger partial charge in [0.05, 0.1) is 18.8 Å². The number of aromatic nitrogens is 3. The Morgan fingerprint density at radius 3 is 3.03 bits per heavy atom. The van der Waals surface area contributed by atoms with Crippen LogP contribution in [0.15, 0.2) is 33.6 Å². The molecule has 0 unspecified atom stereocenters. The maximum Gasteiger partial charge on any atom is 0.419 e. The molecule has 1 fully saturated rings. The van der Waals surface area contributed by atoms with Gasteiger partial charge in [-0.1, -0.05) is 6.42 Å². The molecule has 1 saturated heterocycles. The molecule has 1 aliphatic rings. The number of anilines is 3. The van der Waals surface area contributed by atoms with Crippen LogP contribution >= 0.6 is 0 Å². The van der Waals surface area contributed by atoms with E-state index in [1.807, 2.05) is 19.2 Å². The van der Waals surface area contributed by atoms with E-state index in [0.717, 1.165) is 31.0 Å². The topological polar surface area (TPSA) is 97.4 Å². The van der Waals surface area contributed by atoms with Crippen molar-refractivity contribution in [2.75, 3.05) is 37.5 Å². The third-order valence-electron chi connectivity index (χ3n) is 5.59. The van der Waals surface area contributed by atoms with Crippen molar-refractivity contribution in [3.63, 3.8) is 0 Å². The molecular formula is C21H28N6O3. The molecule has 2 aromatic heterocycles. The summed E-state index contributed by atoms with van der Waals surface area (Å²) in [6.07, 6.45) is 6.50. The third-order valence-corrected chi connectivity index (χ3v) is 5.59. The summed E-state index contributed by atoms with van der Waals surface area (Å²) < 4.78 is 12.1. The first-order valence-corrected chi connectivity index (χ1v) is 10.3. The van der Waals surface area contributed by atoms with Gasteiger partial charge in [-0.05, 0) is 44.0 Å². The molecule has 0 amide bonds. The van der Waals surface area contributed by atoms with E-state index in [1.54, 1.807) is 26.4 Å². The zero-order valence-electron chi connectivity index (χ0n) is 17.6. The normalized spacial score (nSPS) is 16.6. The summed E-state index contributed by atoms with van der Waals surface area (Å²) in [5, 5.41) is 6.80. The van der Waals surface area contributed by atoms with Gasteiger partial charge in [-0.25, -0.2) is 9.78 Å². The van der Waals surface area contributed by atoms with E-state index < -0.39 is 0 Å². The molecule has 2 N–H and O–H groups in total. The molecule has 1 atom stereocenters. The number of oxazole rings is 1. The highest BCUT2D eigenvalue weighted by Gasteiger charge is 2.17. The second-order valence-electron chi connectivity index (χ2n) is 7.68. The summed E-state index contributed by atoms with van der Waals surface area (Å²) in [4.78, 5) is 22.8. The molecule has 9 heteroatoms. The van der Waals surface area contributed by atoms with Crippen molar-refractivity contribution in [3.8, 4) is 5.75 Å². The quantitative estimate of drug-likeness (QED) is 0.611. The lowest BCUT2D eigenvalue weighted by molar-refractivity contribution is 0.382. The smallest absolute Gasteiger partial charge is 0.419 e. The average molecular weight is 412 g/mol. The highest BCUT2D eigenvalue weighted by molar-refractivity contribution is 5.78. The molecule has 0 spiro atoms. The van der Waals surface area contributed by atoms with Crippen LogP contribution in [-0.2, 0) is 7.05 Å². The molecule has 3 aromatic rings. The zero-order valence-corrected chi connectivity index (χ0v) is 17.6. The number of ether oxygens (including phenoxy) is 1. The van der Waals surface area contributed by atoms with Gasteiger partial charge < -0.3 is 24.7 Å². The number of nitrogens with zero attached hydrogens (tertiary/aromatic N) is 4. The Bertz CT molecular complexity index is 1070. The van der Waals surface area contributed by atoms with Gasteiger partial charge >= 0.3 is 5.76 Å². The minimum Gasteiger partial charge on any atom is -0.491 e. The molecule has 0 saturated carbocycles. The largest absolute Gasteiger partial charge is 0.491 e. The first-order chi connectivity index (χ1) is 14.5. The van der Waals surface area contributed by atoms with Gasteiger partial charge in [-0.2, -0.15) is 4.98 Å². The van der Waals surface area contributed by atoms with Crippen molar-refractivity contribution in [2.45, 2.75) is 31.7 Å². The maximum atomic E-state index is 11.7. The summed E-state index contributed by atoms with van der Waals surface area (Å²) >= 11 is 0. The van der Waals surface area contributed by atoms with E-state index in [9.17, 15) is 4.79 Å². The number of fused-ring (bicyclic) bond motifs is 1. The number of piperidine rings is 1. The molecule has 30 heavy (non-hydrogen) atoms. The van der Waals surface area contributed by atoms with Crippen LogP contribution in [0.4, 0.5) is 17.5 Å². The van der Waals surface area contributed by atoms with Gasteiger partial charge in [-0.15, -0.1) is 0 Å². The Kier molecular flexibility index (Phi) is 5.89. The molecule has 1 aromatic carbocycles. The van der Waals surface area contributed by atoms with Gasteiger partial charge in [0.25, 0.3) is 0 Å². The number of benzene rings is 1. The highest BCUT2D eigenvalue weighted by Crippen LogP contribution is 2.27. The highest BCUT2D eigenvalue weighted by atomic mass is 16.5. The van der Waals surface area contributed by atoms with Gasteiger partial charge in [-0.3, -0.25) is 4.57 Å². The molecule has 160 valence electrons. The van der Waals surface area contributed by atoms with E-state index in [1.165, 1.54) is 23.8 Å². The van der Waals surface area contributed by atoms with E-state index in [-0.39, 0.29) is 5.76 Å². The molecule has 4 rings (SSSR count). The Morgan fingerprint density at radius 1 is 1.40 bits per heavy atom. The molecule has 0 bridgehead atoms. The van der Waals surface area contributed by atoms with Crippen molar-refractivity contribution in [1.29, 1.82) is 0 Å². The van der Waals surface area contributed by atoms with Crippen molar-refractivity contribution in [2.24, 2.45) is 7.05 Å². The fraction of sp³-hybridized carbons (Fsp3) is 0.476. The number of aryl methyl sites for hydroxylation is 1. The van der Waals surface area contributed by atoms with Gasteiger partial charge in [0.2, 0.25) is 5.95 Å². The molecule has 0 aliphatic carbocycles. The van der Waals surface area contributed by atoms with Crippen molar-refractivity contribution < 1.29 is 9.15 Å². The molecular weight excluding hydrogens is 384 g/mol. The zero-order chi connectivity index (χ0) is 21.1. The monoisotopic (exact) mass is 412 g/mol. The Balaban J connectivity index is 1.51. The lowest BCUT2D eigenvalue weighted by Gasteiger charge is -2.27. The average Bonchev–Trinajstić information content (AvgIpc) is 3.06. The minimum absolute atomic E-state index is 0.390. The van der Waals surface area contributed by atoms with Crippen LogP contribution in [-0.4, -0.2) is 47.8 Å².